The lowest BCUT2D eigenvalue weighted by Gasteiger charge is -2.12. The van der Waals surface area contributed by atoms with Gasteiger partial charge in [0, 0.05) is 6.42 Å². The summed E-state index contributed by atoms with van der Waals surface area (Å²) in [7, 11) is 0. The Morgan fingerprint density at radius 1 is 1.32 bits per heavy atom. The minimum absolute atomic E-state index is 0.340. The second kappa shape index (κ2) is 6.30. The van der Waals surface area contributed by atoms with E-state index in [-0.39, 0.29) is 5.91 Å². The highest BCUT2D eigenvalue weighted by Gasteiger charge is 2.17. The molecular weight excluding hydrogens is 343 g/mol. The predicted molar refractivity (Wildman–Crippen MR) is 89.8 cm³/mol. The van der Waals surface area contributed by atoms with Gasteiger partial charge in [-0.1, -0.05) is 53.5 Å². The van der Waals surface area contributed by atoms with Crippen molar-refractivity contribution in [3.8, 4) is 0 Å². The summed E-state index contributed by atoms with van der Waals surface area (Å²) in [6.45, 7) is 0. The molecule has 1 aromatic carbocycles. The average molecular weight is 355 g/mol. The Hall–Kier alpha value is -1.53. The van der Waals surface area contributed by atoms with E-state index in [9.17, 15) is 9.90 Å². The average Bonchev–Trinajstić information content (AvgIpc) is 3.01. The molecule has 3 rings (SSSR count). The molecule has 7 heteroatoms. The van der Waals surface area contributed by atoms with Crippen molar-refractivity contribution in [1.82, 2.24) is 10.3 Å². The number of aliphatic hydroxyl groups is 1. The number of aliphatic hydroxyl groups excluding tert-OH is 1. The van der Waals surface area contributed by atoms with E-state index in [1.165, 1.54) is 11.3 Å². The molecule has 2 heterocycles. The fraction of sp³-hybridized carbons (Fsp3) is 0.133. The number of amides is 1. The molecule has 2 aromatic heterocycles. The van der Waals surface area contributed by atoms with Crippen LogP contribution in [0.1, 0.15) is 16.1 Å². The highest BCUT2D eigenvalue weighted by atomic mass is 35.5. The number of nitrogens with one attached hydrogen (secondary N) is 2. The first-order valence-corrected chi connectivity index (χ1v) is 8.11. The van der Waals surface area contributed by atoms with Gasteiger partial charge >= 0.3 is 0 Å². The number of halogens is 2. The third-order valence-corrected chi connectivity index (χ3v) is 5.12. The summed E-state index contributed by atoms with van der Waals surface area (Å²) < 4.78 is 1.29. The number of benzene rings is 1. The number of carbonyl (C=O) groups excluding carboxylic acids is 1. The number of hydrogen-bond donors (Lipinski definition) is 3. The molecule has 3 N–H and O–H groups in total. The fourth-order valence-corrected chi connectivity index (χ4v) is 3.64. The molecule has 0 radical (unpaired) electrons. The van der Waals surface area contributed by atoms with Crippen LogP contribution in [0.2, 0.25) is 9.36 Å². The number of aromatic nitrogens is 1. The Kier molecular flexibility index (Phi) is 4.40. The highest BCUT2D eigenvalue weighted by Crippen LogP contribution is 2.38. The lowest BCUT2D eigenvalue weighted by atomic mass is 10.1. The number of carbonyl (C=O) groups is 1. The molecule has 0 saturated heterocycles. The van der Waals surface area contributed by atoms with Crippen LogP contribution in [0.5, 0.6) is 0 Å². The van der Waals surface area contributed by atoms with Crippen LogP contribution >= 0.6 is 34.5 Å². The smallest absolute Gasteiger partial charge is 0.269 e. The molecule has 3 aromatic rings. The Morgan fingerprint density at radius 2 is 2.05 bits per heavy atom. The van der Waals surface area contributed by atoms with E-state index in [2.05, 4.69) is 10.3 Å². The number of fused-ring (bicyclic) bond motifs is 1. The summed E-state index contributed by atoms with van der Waals surface area (Å²) in [5, 5.41) is 12.9. The number of hydrogen-bond acceptors (Lipinski definition) is 3. The number of H-pyrrole nitrogens is 1. The van der Waals surface area contributed by atoms with Gasteiger partial charge in [-0.15, -0.1) is 11.3 Å². The quantitative estimate of drug-likeness (QED) is 0.623. The maximum Gasteiger partial charge on any atom is 0.269 e. The second-order valence-corrected chi connectivity index (χ2v) is 6.82. The van der Waals surface area contributed by atoms with E-state index in [1.54, 1.807) is 6.07 Å². The fourth-order valence-electron chi connectivity index (χ4n) is 2.16. The van der Waals surface area contributed by atoms with E-state index >= 15 is 0 Å². The van der Waals surface area contributed by atoms with Gasteiger partial charge in [-0.25, -0.2) is 0 Å². The van der Waals surface area contributed by atoms with Crippen LogP contribution in [0.15, 0.2) is 36.4 Å². The normalized spacial score (nSPS) is 12.5. The zero-order valence-electron chi connectivity index (χ0n) is 11.3. The lowest BCUT2D eigenvalue weighted by Crippen LogP contribution is -2.36. The maximum atomic E-state index is 12.1. The molecule has 0 spiro atoms. The standard InChI is InChI=1S/C15H12Cl2N2O2S/c16-12-13-10(22-14(12)17)7-9(18-13)15(21)19-11(20)6-8-4-2-1-3-5-8/h1-5,7,11,18,20H,6H2,(H,19,21). The van der Waals surface area contributed by atoms with Gasteiger partial charge in [0.1, 0.15) is 16.3 Å². The van der Waals surface area contributed by atoms with E-state index < -0.39 is 6.23 Å². The monoisotopic (exact) mass is 354 g/mol. The summed E-state index contributed by atoms with van der Waals surface area (Å²) in [5.74, 6) is -0.390. The van der Waals surface area contributed by atoms with Crippen LogP contribution in [0.4, 0.5) is 0 Å². The molecule has 4 nitrogen and oxygen atoms in total. The Balaban J connectivity index is 1.70. The molecule has 0 aliphatic carbocycles. The first-order valence-electron chi connectivity index (χ1n) is 6.54. The van der Waals surface area contributed by atoms with Crippen molar-refractivity contribution in [2.75, 3.05) is 0 Å². The van der Waals surface area contributed by atoms with Gasteiger partial charge in [0.25, 0.3) is 5.91 Å². The molecule has 0 fully saturated rings. The minimum Gasteiger partial charge on any atom is -0.373 e. The van der Waals surface area contributed by atoms with Gasteiger partial charge in [-0.05, 0) is 11.6 Å². The van der Waals surface area contributed by atoms with Crippen molar-refractivity contribution in [3.05, 3.63) is 57.0 Å². The zero-order valence-corrected chi connectivity index (χ0v) is 13.6. The van der Waals surface area contributed by atoms with Crippen LogP contribution in [-0.2, 0) is 6.42 Å². The van der Waals surface area contributed by atoms with Gasteiger partial charge in [-0.3, -0.25) is 4.79 Å². The van der Waals surface area contributed by atoms with Crippen LogP contribution in [0.25, 0.3) is 10.2 Å². The van der Waals surface area contributed by atoms with Gasteiger partial charge in [0.05, 0.1) is 15.2 Å². The van der Waals surface area contributed by atoms with Crippen molar-refractivity contribution in [1.29, 1.82) is 0 Å². The number of aromatic amines is 1. The van der Waals surface area contributed by atoms with Crippen LogP contribution in [0.3, 0.4) is 0 Å². The van der Waals surface area contributed by atoms with Crippen molar-refractivity contribution < 1.29 is 9.90 Å². The minimum atomic E-state index is -0.963. The van der Waals surface area contributed by atoms with E-state index in [1.807, 2.05) is 30.3 Å². The van der Waals surface area contributed by atoms with Crippen molar-refractivity contribution in [3.63, 3.8) is 0 Å². The summed E-state index contributed by atoms with van der Waals surface area (Å²) in [5.41, 5.74) is 1.92. The summed E-state index contributed by atoms with van der Waals surface area (Å²) in [6, 6.07) is 11.1. The van der Waals surface area contributed by atoms with Gasteiger partial charge < -0.3 is 15.4 Å². The molecule has 22 heavy (non-hydrogen) atoms. The molecule has 0 bridgehead atoms. The third-order valence-electron chi connectivity index (χ3n) is 3.19. The highest BCUT2D eigenvalue weighted by molar-refractivity contribution is 7.23. The van der Waals surface area contributed by atoms with Gasteiger partial charge in [0.2, 0.25) is 0 Å². The molecule has 114 valence electrons. The third kappa shape index (κ3) is 3.13. The van der Waals surface area contributed by atoms with Crippen LogP contribution in [0, 0.1) is 0 Å². The van der Waals surface area contributed by atoms with Gasteiger partial charge in [0.15, 0.2) is 0 Å². The lowest BCUT2D eigenvalue weighted by molar-refractivity contribution is 0.0781. The summed E-state index contributed by atoms with van der Waals surface area (Å²) >= 11 is 13.3. The Morgan fingerprint density at radius 3 is 2.73 bits per heavy atom. The summed E-state index contributed by atoms with van der Waals surface area (Å²) in [6.07, 6.45) is -0.621. The number of rotatable bonds is 4. The first-order chi connectivity index (χ1) is 10.5. The van der Waals surface area contributed by atoms with E-state index in [0.29, 0.717) is 27.0 Å². The summed E-state index contributed by atoms with van der Waals surface area (Å²) in [4.78, 5) is 15.1. The zero-order chi connectivity index (χ0) is 15.7. The van der Waals surface area contributed by atoms with Gasteiger partial charge in [-0.2, -0.15) is 0 Å². The van der Waals surface area contributed by atoms with E-state index in [4.69, 9.17) is 23.2 Å². The molecule has 1 amide bonds. The predicted octanol–water partition coefficient (Wildman–Crippen LogP) is 3.83. The van der Waals surface area contributed by atoms with Crippen LogP contribution in [-0.4, -0.2) is 22.2 Å². The molecule has 0 aliphatic heterocycles. The van der Waals surface area contributed by atoms with Crippen molar-refractivity contribution >= 4 is 50.7 Å². The largest absolute Gasteiger partial charge is 0.373 e. The maximum absolute atomic E-state index is 12.1. The SMILES string of the molecule is O=C(NC(O)Cc1ccccc1)c1cc2sc(Cl)c(Cl)c2[nH]1. The molecule has 1 unspecified atom stereocenters. The van der Waals surface area contributed by atoms with Crippen molar-refractivity contribution in [2.45, 2.75) is 12.6 Å². The molecular formula is C15H12Cl2N2O2S. The Labute approximate surface area is 140 Å². The molecule has 1 atom stereocenters. The van der Waals surface area contributed by atoms with E-state index in [0.717, 1.165) is 10.3 Å². The van der Waals surface area contributed by atoms with Crippen molar-refractivity contribution in [2.24, 2.45) is 0 Å². The first kappa shape index (κ1) is 15.4. The topological polar surface area (TPSA) is 65.1 Å². The second-order valence-electron chi connectivity index (χ2n) is 4.79. The number of thiophene rings is 1. The Bertz CT molecular complexity index is 814. The molecule has 0 aliphatic rings. The molecule has 0 saturated carbocycles. The van der Waals surface area contributed by atoms with Crippen LogP contribution < -0.4 is 5.32 Å².